The highest BCUT2D eigenvalue weighted by molar-refractivity contribution is 6.36. The van der Waals surface area contributed by atoms with E-state index in [0.29, 0.717) is 28.3 Å². The predicted molar refractivity (Wildman–Crippen MR) is 171 cm³/mol. The molecule has 2 aromatic carbocycles. The quantitative estimate of drug-likeness (QED) is 0.214. The minimum absolute atomic E-state index is 0.602. The number of aryl methyl sites for hydroxylation is 2. The van der Waals surface area contributed by atoms with Crippen molar-refractivity contribution >= 4 is 28.3 Å². The largest absolute Gasteiger partial charge is 0.374 e. The Balaban J connectivity index is 1.50. The maximum Gasteiger partial charge on any atom is 0.158 e. The monoisotopic (exact) mass is 591 g/mol. The number of halogens is 1. The summed E-state index contributed by atoms with van der Waals surface area (Å²) in [5.74, 6) is 0.871. The lowest BCUT2D eigenvalue weighted by molar-refractivity contribution is 0.117. The van der Waals surface area contributed by atoms with Crippen LogP contribution in [0.3, 0.4) is 0 Å². The van der Waals surface area contributed by atoms with Gasteiger partial charge in [0.1, 0.15) is 5.82 Å². The lowest BCUT2D eigenvalue weighted by Crippen LogP contribution is -2.31. The van der Waals surface area contributed by atoms with Crippen LogP contribution in [0.1, 0.15) is 47.5 Å². The molecule has 0 aliphatic heterocycles. The van der Waals surface area contributed by atoms with Crippen molar-refractivity contribution < 1.29 is 5.11 Å². The van der Waals surface area contributed by atoms with Crippen LogP contribution in [0.5, 0.6) is 0 Å². The summed E-state index contributed by atoms with van der Waals surface area (Å²) in [6.45, 7) is 7.77. The minimum atomic E-state index is -1.51. The summed E-state index contributed by atoms with van der Waals surface area (Å²) < 4.78 is 3.66. The van der Waals surface area contributed by atoms with Crippen LogP contribution < -0.4 is 4.90 Å². The van der Waals surface area contributed by atoms with Gasteiger partial charge in [-0.3, -0.25) is 4.98 Å². The van der Waals surface area contributed by atoms with E-state index in [1.165, 1.54) is 0 Å². The highest BCUT2D eigenvalue weighted by atomic mass is 35.5. The molecule has 0 aliphatic carbocycles. The van der Waals surface area contributed by atoms with E-state index in [4.69, 9.17) is 16.6 Å². The molecule has 4 heterocycles. The summed E-state index contributed by atoms with van der Waals surface area (Å²) >= 11 is 7.32. The number of nitrogens with zero attached hydrogens (tertiary/aromatic N) is 7. The number of pyridine rings is 2. The van der Waals surface area contributed by atoms with Crippen molar-refractivity contribution in [3.63, 3.8) is 0 Å². The van der Waals surface area contributed by atoms with Gasteiger partial charge in [-0.25, -0.2) is 14.6 Å². The zero-order chi connectivity index (χ0) is 30.1. The van der Waals surface area contributed by atoms with Crippen LogP contribution >= 0.6 is 11.6 Å². The Morgan fingerprint density at radius 3 is 2.37 bits per heavy atom. The Kier molecular flexibility index (Phi) is 7.73. The molecule has 1 N–H and O–H groups in total. The molecular weight excluding hydrogens is 558 g/mol. The maximum atomic E-state index is 12.5. The standard InChI is InChI=1S/C34H34ClN7O/c1-5-41(6-2)33-29(18-24-9-13-27(14-10-24)42-17-7-16-38-42)32(35)28-19-25(12-15-30(28)39-33)34(43,31-21-36-22-40(31)4)26-11-8-23(3)37-20-26/h7-17,19-22,43H,5-6,18H2,1-4H3. The van der Waals surface area contributed by atoms with Gasteiger partial charge in [-0.05, 0) is 68.3 Å². The lowest BCUT2D eigenvalue weighted by Gasteiger charge is -2.30. The second-order valence-electron chi connectivity index (χ2n) is 10.7. The van der Waals surface area contributed by atoms with E-state index in [-0.39, 0.29) is 0 Å². The summed E-state index contributed by atoms with van der Waals surface area (Å²) in [5, 5.41) is 18.2. The molecule has 218 valence electrons. The number of anilines is 1. The number of hydrogen-bond donors (Lipinski definition) is 1. The third kappa shape index (κ3) is 5.17. The van der Waals surface area contributed by atoms with Gasteiger partial charge in [0.15, 0.2) is 5.60 Å². The van der Waals surface area contributed by atoms with E-state index in [2.05, 4.69) is 58.1 Å². The van der Waals surface area contributed by atoms with Crippen molar-refractivity contribution in [1.29, 1.82) is 0 Å². The number of aromatic nitrogens is 6. The molecule has 0 saturated heterocycles. The summed E-state index contributed by atoms with van der Waals surface area (Å²) in [7, 11) is 1.87. The van der Waals surface area contributed by atoms with Crippen LogP contribution in [0.2, 0.25) is 5.02 Å². The molecule has 9 heteroatoms. The van der Waals surface area contributed by atoms with Crippen molar-refractivity contribution in [2.24, 2.45) is 7.05 Å². The van der Waals surface area contributed by atoms with Crippen LogP contribution in [0.4, 0.5) is 5.82 Å². The maximum absolute atomic E-state index is 12.5. The van der Waals surface area contributed by atoms with Gasteiger partial charge in [0.25, 0.3) is 0 Å². The van der Waals surface area contributed by atoms with E-state index >= 15 is 0 Å². The summed E-state index contributed by atoms with van der Waals surface area (Å²) in [6.07, 6.45) is 9.38. The number of benzene rings is 2. The molecule has 0 saturated carbocycles. The molecule has 1 unspecified atom stereocenters. The third-order valence-corrected chi connectivity index (χ3v) is 8.51. The van der Waals surface area contributed by atoms with Gasteiger partial charge in [-0.2, -0.15) is 5.10 Å². The van der Waals surface area contributed by atoms with Crippen LogP contribution in [0, 0.1) is 6.92 Å². The Bertz CT molecular complexity index is 1860. The van der Waals surface area contributed by atoms with Crippen LogP contribution in [0.15, 0.2) is 91.8 Å². The predicted octanol–water partition coefficient (Wildman–Crippen LogP) is 6.23. The molecule has 0 amide bonds. The zero-order valence-corrected chi connectivity index (χ0v) is 25.5. The first-order valence-electron chi connectivity index (χ1n) is 14.4. The lowest BCUT2D eigenvalue weighted by atomic mass is 9.83. The number of aliphatic hydroxyl groups is 1. The van der Waals surface area contributed by atoms with Crippen molar-refractivity contribution in [2.45, 2.75) is 32.8 Å². The topological polar surface area (TPSA) is 84.9 Å². The molecule has 1 atom stereocenters. The number of imidazole rings is 1. The normalized spacial score (nSPS) is 12.9. The van der Waals surface area contributed by atoms with E-state index in [0.717, 1.165) is 52.3 Å². The number of rotatable bonds is 9. The van der Waals surface area contributed by atoms with Crippen molar-refractivity contribution in [1.82, 2.24) is 29.3 Å². The van der Waals surface area contributed by atoms with Gasteiger partial charge in [0.2, 0.25) is 0 Å². The first kappa shape index (κ1) is 28.6. The van der Waals surface area contributed by atoms with Gasteiger partial charge in [0, 0.05) is 67.4 Å². The molecule has 8 nitrogen and oxygen atoms in total. The molecular formula is C34H34ClN7O. The molecule has 0 fully saturated rings. The van der Waals surface area contributed by atoms with E-state index < -0.39 is 5.60 Å². The highest BCUT2D eigenvalue weighted by Gasteiger charge is 2.37. The van der Waals surface area contributed by atoms with Gasteiger partial charge in [-0.15, -0.1) is 0 Å². The molecule has 6 rings (SSSR count). The minimum Gasteiger partial charge on any atom is -0.374 e. The molecule has 43 heavy (non-hydrogen) atoms. The number of hydrogen-bond acceptors (Lipinski definition) is 6. The first-order valence-corrected chi connectivity index (χ1v) is 14.8. The van der Waals surface area contributed by atoms with E-state index in [9.17, 15) is 5.11 Å². The Hall–Kier alpha value is -4.53. The van der Waals surface area contributed by atoms with Crippen molar-refractivity contribution in [3.05, 3.63) is 130 Å². The Morgan fingerprint density at radius 1 is 0.977 bits per heavy atom. The first-order chi connectivity index (χ1) is 20.8. The van der Waals surface area contributed by atoms with Gasteiger partial charge >= 0.3 is 0 Å². The fourth-order valence-electron chi connectivity index (χ4n) is 5.66. The Labute approximate surface area is 256 Å². The van der Waals surface area contributed by atoms with Crippen molar-refractivity contribution in [2.75, 3.05) is 18.0 Å². The van der Waals surface area contributed by atoms with Crippen LogP contribution in [-0.4, -0.2) is 47.5 Å². The van der Waals surface area contributed by atoms with Crippen molar-refractivity contribution in [3.8, 4) is 5.69 Å². The van der Waals surface area contributed by atoms with Gasteiger partial charge < -0.3 is 14.6 Å². The van der Waals surface area contributed by atoms with E-state index in [1.807, 2.05) is 65.8 Å². The van der Waals surface area contributed by atoms with Gasteiger partial charge in [0.05, 0.1) is 34.4 Å². The molecule has 0 radical (unpaired) electrons. The second kappa shape index (κ2) is 11.6. The third-order valence-electron chi connectivity index (χ3n) is 8.08. The molecule has 0 spiro atoms. The summed E-state index contributed by atoms with van der Waals surface area (Å²) in [5.41, 5.74) is 5.10. The zero-order valence-electron chi connectivity index (χ0n) is 24.7. The average molecular weight is 592 g/mol. The average Bonchev–Trinajstić information content (AvgIpc) is 3.72. The summed E-state index contributed by atoms with van der Waals surface area (Å²) in [6, 6.07) is 19.8. The fourth-order valence-corrected chi connectivity index (χ4v) is 5.96. The summed E-state index contributed by atoms with van der Waals surface area (Å²) in [4.78, 5) is 16.2. The smallest absolute Gasteiger partial charge is 0.158 e. The molecule has 4 aromatic heterocycles. The van der Waals surface area contributed by atoms with Crippen LogP contribution in [0.25, 0.3) is 16.6 Å². The molecule has 0 bridgehead atoms. The Morgan fingerprint density at radius 2 is 1.74 bits per heavy atom. The molecule has 0 aliphatic rings. The molecule has 6 aromatic rings. The highest BCUT2D eigenvalue weighted by Crippen LogP contribution is 2.40. The second-order valence-corrected chi connectivity index (χ2v) is 11.1. The van der Waals surface area contributed by atoms with E-state index in [1.54, 1.807) is 24.9 Å². The van der Waals surface area contributed by atoms with Crippen LogP contribution in [-0.2, 0) is 19.1 Å². The number of fused-ring (bicyclic) bond motifs is 1. The van der Waals surface area contributed by atoms with Gasteiger partial charge in [-0.1, -0.05) is 35.9 Å². The fraction of sp³-hybridized carbons (Fsp3) is 0.235. The SMILES string of the molecule is CCN(CC)c1nc2ccc(C(O)(c3ccc(C)nc3)c3cncn3C)cc2c(Cl)c1Cc1ccc(-n2cccn2)cc1.